The van der Waals surface area contributed by atoms with Gasteiger partial charge in [-0.2, -0.15) is 0 Å². The number of nitrogens with one attached hydrogen (secondary N) is 1. The molecule has 1 aromatic rings. The van der Waals surface area contributed by atoms with Crippen molar-refractivity contribution in [1.82, 2.24) is 5.32 Å². The van der Waals surface area contributed by atoms with Crippen LogP contribution in [0.15, 0.2) is 24.3 Å². The van der Waals surface area contributed by atoms with Gasteiger partial charge in [0.2, 0.25) is 0 Å². The SMILES string of the molecule is CNC1C(c2ccccc2Cl)C1(C)C. The normalized spacial score (nSPS) is 28.9. The zero-order valence-electron chi connectivity index (χ0n) is 8.84. The summed E-state index contributed by atoms with van der Waals surface area (Å²) < 4.78 is 0. The Kier molecular flexibility index (Phi) is 2.32. The van der Waals surface area contributed by atoms with E-state index in [0.29, 0.717) is 17.4 Å². The topological polar surface area (TPSA) is 12.0 Å². The molecular formula is C12H16ClN. The molecule has 0 amide bonds. The van der Waals surface area contributed by atoms with Crippen LogP contribution in [-0.4, -0.2) is 13.1 Å². The number of halogens is 1. The summed E-state index contributed by atoms with van der Waals surface area (Å²) in [6.07, 6.45) is 0. The molecular weight excluding hydrogens is 194 g/mol. The van der Waals surface area contributed by atoms with Crippen molar-refractivity contribution in [2.45, 2.75) is 25.8 Å². The molecule has 0 radical (unpaired) electrons. The van der Waals surface area contributed by atoms with E-state index in [-0.39, 0.29) is 0 Å². The fraction of sp³-hybridized carbons (Fsp3) is 0.500. The van der Waals surface area contributed by atoms with E-state index in [1.54, 1.807) is 0 Å². The summed E-state index contributed by atoms with van der Waals surface area (Å²) in [4.78, 5) is 0. The van der Waals surface area contributed by atoms with Crippen LogP contribution < -0.4 is 5.32 Å². The molecule has 2 unspecified atom stereocenters. The molecule has 0 heterocycles. The number of likely N-dealkylation sites (N-methyl/N-ethyl adjacent to an activating group) is 1. The highest BCUT2D eigenvalue weighted by Gasteiger charge is 2.57. The summed E-state index contributed by atoms with van der Waals surface area (Å²) in [5.74, 6) is 0.557. The Bertz CT molecular complexity index is 346. The highest BCUT2D eigenvalue weighted by Crippen LogP contribution is 2.59. The van der Waals surface area contributed by atoms with Gasteiger partial charge in [0.05, 0.1) is 0 Å². The third kappa shape index (κ3) is 1.35. The molecule has 1 aliphatic carbocycles. The van der Waals surface area contributed by atoms with Crippen molar-refractivity contribution in [1.29, 1.82) is 0 Å². The van der Waals surface area contributed by atoms with Crippen LogP contribution in [0.25, 0.3) is 0 Å². The molecule has 1 aromatic carbocycles. The fourth-order valence-corrected chi connectivity index (χ4v) is 2.74. The number of benzene rings is 1. The van der Waals surface area contributed by atoms with Gasteiger partial charge >= 0.3 is 0 Å². The van der Waals surface area contributed by atoms with Crippen LogP contribution >= 0.6 is 11.6 Å². The van der Waals surface area contributed by atoms with E-state index in [9.17, 15) is 0 Å². The van der Waals surface area contributed by atoms with Crippen LogP contribution in [0.5, 0.6) is 0 Å². The first-order valence-electron chi connectivity index (χ1n) is 5.00. The minimum Gasteiger partial charge on any atom is -0.316 e. The number of hydrogen-bond donors (Lipinski definition) is 1. The lowest BCUT2D eigenvalue weighted by Crippen LogP contribution is -2.14. The molecule has 1 N–H and O–H groups in total. The molecule has 0 bridgehead atoms. The second kappa shape index (κ2) is 3.25. The molecule has 76 valence electrons. The third-order valence-corrected chi connectivity index (χ3v) is 3.72. The van der Waals surface area contributed by atoms with Gasteiger partial charge in [-0.25, -0.2) is 0 Å². The highest BCUT2D eigenvalue weighted by atomic mass is 35.5. The van der Waals surface area contributed by atoms with Gasteiger partial charge in [-0.05, 0) is 24.1 Å². The summed E-state index contributed by atoms with van der Waals surface area (Å²) in [7, 11) is 2.02. The van der Waals surface area contributed by atoms with E-state index in [1.807, 2.05) is 19.2 Å². The lowest BCUT2D eigenvalue weighted by Gasteiger charge is -2.04. The Labute approximate surface area is 90.5 Å². The van der Waals surface area contributed by atoms with Crippen LogP contribution in [0.4, 0.5) is 0 Å². The monoisotopic (exact) mass is 209 g/mol. The first kappa shape index (κ1) is 10.0. The van der Waals surface area contributed by atoms with Crippen LogP contribution in [0.1, 0.15) is 25.3 Å². The second-order valence-electron chi connectivity index (χ2n) is 4.59. The lowest BCUT2D eigenvalue weighted by molar-refractivity contribution is 0.567. The summed E-state index contributed by atoms with van der Waals surface area (Å²) in [6.45, 7) is 4.56. The smallest absolute Gasteiger partial charge is 0.0441 e. The molecule has 2 atom stereocenters. The van der Waals surface area contributed by atoms with Crippen LogP contribution in [0.3, 0.4) is 0 Å². The van der Waals surface area contributed by atoms with Crippen molar-refractivity contribution in [3.05, 3.63) is 34.9 Å². The van der Waals surface area contributed by atoms with Gasteiger partial charge in [0.25, 0.3) is 0 Å². The lowest BCUT2D eigenvalue weighted by atomic mass is 10.0. The van der Waals surface area contributed by atoms with Crippen molar-refractivity contribution >= 4 is 11.6 Å². The van der Waals surface area contributed by atoms with E-state index < -0.39 is 0 Å². The van der Waals surface area contributed by atoms with Gasteiger partial charge in [0.15, 0.2) is 0 Å². The van der Waals surface area contributed by atoms with Crippen LogP contribution in [-0.2, 0) is 0 Å². The van der Waals surface area contributed by atoms with Crippen molar-refractivity contribution in [3.8, 4) is 0 Å². The average molecular weight is 210 g/mol. The summed E-state index contributed by atoms with van der Waals surface area (Å²) in [6, 6.07) is 8.70. The van der Waals surface area contributed by atoms with Gasteiger partial charge < -0.3 is 5.32 Å². The van der Waals surface area contributed by atoms with Gasteiger partial charge in [-0.3, -0.25) is 0 Å². The molecule has 1 aliphatic rings. The average Bonchev–Trinajstić information content (AvgIpc) is 2.69. The van der Waals surface area contributed by atoms with Crippen molar-refractivity contribution in [2.24, 2.45) is 5.41 Å². The molecule has 14 heavy (non-hydrogen) atoms. The van der Waals surface area contributed by atoms with Crippen molar-refractivity contribution < 1.29 is 0 Å². The molecule has 2 rings (SSSR count). The van der Waals surface area contributed by atoms with E-state index in [1.165, 1.54) is 5.56 Å². The standard InChI is InChI=1S/C12H16ClN/c1-12(2)10(11(12)14-3)8-6-4-5-7-9(8)13/h4-7,10-11,14H,1-3H3. The quantitative estimate of drug-likeness (QED) is 0.790. The van der Waals surface area contributed by atoms with E-state index in [4.69, 9.17) is 11.6 Å². The zero-order chi connectivity index (χ0) is 10.3. The number of rotatable bonds is 2. The Hall–Kier alpha value is -0.530. The third-order valence-electron chi connectivity index (χ3n) is 3.38. The maximum Gasteiger partial charge on any atom is 0.0441 e. The molecule has 0 spiro atoms. The van der Waals surface area contributed by atoms with Gasteiger partial charge in [0.1, 0.15) is 0 Å². The van der Waals surface area contributed by atoms with Gasteiger partial charge in [-0.15, -0.1) is 0 Å². The zero-order valence-corrected chi connectivity index (χ0v) is 9.60. The molecule has 0 saturated heterocycles. The van der Waals surface area contributed by atoms with E-state index >= 15 is 0 Å². The van der Waals surface area contributed by atoms with Crippen LogP contribution in [0, 0.1) is 5.41 Å². The fourth-order valence-electron chi connectivity index (χ4n) is 2.48. The number of hydrogen-bond acceptors (Lipinski definition) is 1. The molecule has 1 saturated carbocycles. The summed E-state index contributed by atoms with van der Waals surface area (Å²) in [5, 5.41) is 4.24. The molecule has 0 aliphatic heterocycles. The van der Waals surface area contributed by atoms with E-state index in [0.717, 1.165) is 5.02 Å². The van der Waals surface area contributed by atoms with E-state index in [2.05, 4.69) is 31.3 Å². The molecule has 0 aromatic heterocycles. The largest absolute Gasteiger partial charge is 0.316 e. The summed E-state index contributed by atoms with van der Waals surface area (Å²) in [5.41, 5.74) is 1.61. The Morgan fingerprint density at radius 1 is 1.29 bits per heavy atom. The van der Waals surface area contributed by atoms with Crippen LogP contribution in [0.2, 0.25) is 5.02 Å². The van der Waals surface area contributed by atoms with Gasteiger partial charge in [-0.1, -0.05) is 43.6 Å². The Morgan fingerprint density at radius 3 is 2.43 bits per heavy atom. The predicted molar refractivity (Wildman–Crippen MR) is 60.8 cm³/mol. The second-order valence-corrected chi connectivity index (χ2v) is 4.99. The minimum atomic E-state index is 0.333. The molecule has 2 heteroatoms. The predicted octanol–water partition coefficient (Wildman–Crippen LogP) is 3.05. The van der Waals surface area contributed by atoms with Crippen molar-refractivity contribution in [2.75, 3.05) is 7.05 Å². The first-order chi connectivity index (χ1) is 6.59. The maximum absolute atomic E-state index is 6.18. The Morgan fingerprint density at radius 2 is 1.93 bits per heavy atom. The summed E-state index contributed by atoms with van der Waals surface area (Å²) >= 11 is 6.18. The molecule has 1 fully saturated rings. The van der Waals surface area contributed by atoms with Crippen molar-refractivity contribution in [3.63, 3.8) is 0 Å². The van der Waals surface area contributed by atoms with Gasteiger partial charge in [0, 0.05) is 17.0 Å². The molecule has 1 nitrogen and oxygen atoms in total. The minimum absolute atomic E-state index is 0.333. The highest BCUT2D eigenvalue weighted by molar-refractivity contribution is 6.31. The Balaban J connectivity index is 2.31. The maximum atomic E-state index is 6.18. The first-order valence-corrected chi connectivity index (χ1v) is 5.38.